The molecule has 2 aromatic rings. The summed E-state index contributed by atoms with van der Waals surface area (Å²) in [6.45, 7) is 0.589. The summed E-state index contributed by atoms with van der Waals surface area (Å²) < 4.78 is 64.1. The second kappa shape index (κ2) is 7.88. The number of rotatable bonds is 4. The van der Waals surface area contributed by atoms with Crippen LogP contribution < -0.4 is 0 Å². The number of carbonyl (C=O) groups is 1. The predicted octanol–water partition coefficient (Wildman–Crippen LogP) is 2.39. The van der Waals surface area contributed by atoms with Gasteiger partial charge in [0.05, 0.1) is 11.3 Å². The molecule has 1 fully saturated rings. The zero-order valence-corrected chi connectivity index (χ0v) is 15.6. The summed E-state index contributed by atoms with van der Waals surface area (Å²) in [4.78, 5) is 17.1. The van der Waals surface area contributed by atoms with E-state index in [1.807, 2.05) is 0 Å². The molecule has 1 amide bonds. The van der Waals surface area contributed by atoms with Gasteiger partial charge in [-0.3, -0.25) is 9.78 Å². The Morgan fingerprint density at radius 2 is 1.64 bits per heavy atom. The number of hydrogen-bond donors (Lipinski definition) is 0. The number of alkyl halides is 3. The quantitative estimate of drug-likeness (QED) is 0.772. The van der Waals surface area contributed by atoms with Crippen LogP contribution in [0.2, 0.25) is 0 Å². The highest BCUT2D eigenvalue weighted by molar-refractivity contribution is 7.88. The molecule has 1 aromatic heterocycles. The lowest BCUT2D eigenvalue weighted by Crippen LogP contribution is -2.50. The van der Waals surface area contributed by atoms with Gasteiger partial charge >= 0.3 is 6.18 Å². The number of nitrogens with zero attached hydrogens (tertiary/aromatic N) is 3. The van der Waals surface area contributed by atoms with E-state index >= 15 is 0 Å². The first-order chi connectivity index (χ1) is 13.2. The fraction of sp³-hybridized carbons (Fsp3) is 0.333. The zero-order chi connectivity index (χ0) is 20.4. The molecule has 0 N–H and O–H groups in total. The monoisotopic (exact) mass is 413 g/mol. The number of aromatic nitrogens is 1. The van der Waals surface area contributed by atoms with Crippen LogP contribution in [0.4, 0.5) is 13.2 Å². The van der Waals surface area contributed by atoms with E-state index in [9.17, 15) is 26.4 Å². The van der Waals surface area contributed by atoms with E-state index in [4.69, 9.17) is 0 Å². The number of halogens is 3. The van der Waals surface area contributed by atoms with Gasteiger partial charge in [-0.15, -0.1) is 0 Å². The van der Waals surface area contributed by atoms with Crippen molar-refractivity contribution in [2.75, 3.05) is 26.2 Å². The summed E-state index contributed by atoms with van der Waals surface area (Å²) in [5.41, 5.74) is -0.355. The van der Waals surface area contributed by atoms with Crippen molar-refractivity contribution in [2.24, 2.45) is 0 Å². The summed E-state index contributed by atoms with van der Waals surface area (Å²) in [5.74, 6) is -0.591. The second-order valence-electron chi connectivity index (χ2n) is 6.36. The van der Waals surface area contributed by atoms with E-state index in [1.54, 1.807) is 30.3 Å². The molecule has 1 aromatic carbocycles. The minimum absolute atomic E-state index is 0.0357. The average molecular weight is 413 g/mol. The Bertz CT molecular complexity index is 924. The Kier molecular flexibility index (Phi) is 5.71. The molecule has 10 heteroatoms. The minimum Gasteiger partial charge on any atom is -0.336 e. The van der Waals surface area contributed by atoms with E-state index in [-0.39, 0.29) is 37.5 Å². The van der Waals surface area contributed by atoms with Crippen LogP contribution in [0.25, 0.3) is 0 Å². The average Bonchev–Trinajstić information content (AvgIpc) is 2.67. The van der Waals surface area contributed by atoms with Crippen molar-refractivity contribution in [2.45, 2.75) is 11.9 Å². The summed E-state index contributed by atoms with van der Waals surface area (Å²) in [6.07, 6.45) is -3.68. The van der Waals surface area contributed by atoms with Gasteiger partial charge in [-0.1, -0.05) is 30.3 Å². The number of hydrogen-bond acceptors (Lipinski definition) is 4. The summed E-state index contributed by atoms with van der Waals surface area (Å²) in [5, 5.41) is 0. The van der Waals surface area contributed by atoms with E-state index in [1.165, 1.54) is 9.21 Å². The Morgan fingerprint density at radius 1 is 1.00 bits per heavy atom. The van der Waals surface area contributed by atoms with Crippen LogP contribution in [0, 0.1) is 0 Å². The Labute approximate surface area is 160 Å². The van der Waals surface area contributed by atoms with E-state index in [0.29, 0.717) is 5.56 Å². The molecule has 28 heavy (non-hydrogen) atoms. The molecule has 0 radical (unpaired) electrons. The maximum atomic E-state index is 12.6. The topological polar surface area (TPSA) is 70.6 Å². The second-order valence-corrected chi connectivity index (χ2v) is 8.33. The molecule has 0 saturated carbocycles. The number of benzene rings is 1. The predicted molar refractivity (Wildman–Crippen MR) is 95.8 cm³/mol. The number of amides is 1. The van der Waals surface area contributed by atoms with Crippen molar-refractivity contribution in [1.29, 1.82) is 0 Å². The molecule has 150 valence electrons. The molecule has 0 spiro atoms. The van der Waals surface area contributed by atoms with Crippen molar-refractivity contribution < 1.29 is 26.4 Å². The third-order valence-corrected chi connectivity index (χ3v) is 6.26. The number of sulfonamides is 1. The third-order valence-electron chi connectivity index (χ3n) is 4.41. The van der Waals surface area contributed by atoms with Gasteiger partial charge in [-0.25, -0.2) is 8.42 Å². The molecule has 0 aliphatic carbocycles. The highest BCUT2D eigenvalue weighted by Crippen LogP contribution is 2.27. The Balaban J connectivity index is 1.61. The minimum atomic E-state index is -4.57. The molecule has 0 bridgehead atoms. The van der Waals surface area contributed by atoms with Crippen LogP contribution in [0.1, 0.15) is 21.6 Å². The van der Waals surface area contributed by atoms with Crippen molar-refractivity contribution in [3.8, 4) is 0 Å². The van der Waals surface area contributed by atoms with Crippen molar-refractivity contribution in [3.05, 3.63) is 65.5 Å². The Morgan fingerprint density at radius 3 is 2.18 bits per heavy atom. The first-order valence-corrected chi connectivity index (χ1v) is 10.1. The molecule has 0 unspecified atom stereocenters. The van der Waals surface area contributed by atoms with Gasteiger partial charge in [0, 0.05) is 32.4 Å². The Hall–Kier alpha value is -2.46. The summed E-state index contributed by atoms with van der Waals surface area (Å²) in [7, 11) is -3.51. The van der Waals surface area contributed by atoms with Crippen LogP contribution in [0.15, 0.2) is 48.7 Å². The first kappa shape index (κ1) is 20.3. The third kappa shape index (κ3) is 4.68. The van der Waals surface area contributed by atoms with Crippen molar-refractivity contribution >= 4 is 15.9 Å². The lowest BCUT2D eigenvalue weighted by atomic mass is 10.2. The van der Waals surface area contributed by atoms with Gasteiger partial charge in [0.1, 0.15) is 5.69 Å². The van der Waals surface area contributed by atoms with E-state index < -0.39 is 27.8 Å². The molecule has 1 aliphatic heterocycles. The fourth-order valence-electron chi connectivity index (χ4n) is 2.92. The highest BCUT2D eigenvalue weighted by atomic mass is 32.2. The fourth-order valence-corrected chi connectivity index (χ4v) is 4.43. The van der Waals surface area contributed by atoms with Gasteiger partial charge in [0.25, 0.3) is 5.91 Å². The lowest BCUT2D eigenvalue weighted by Gasteiger charge is -2.34. The van der Waals surface area contributed by atoms with Crippen LogP contribution >= 0.6 is 0 Å². The smallest absolute Gasteiger partial charge is 0.336 e. The molecule has 3 rings (SSSR count). The summed E-state index contributed by atoms with van der Waals surface area (Å²) >= 11 is 0. The zero-order valence-electron chi connectivity index (χ0n) is 14.8. The maximum Gasteiger partial charge on any atom is 0.433 e. The van der Waals surface area contributed by atoms with Gasteiger partial charge in [-0.05, 0) is 17.7 Å². The van der Waals surface area contributed by atoms with E-state index in [0.717, 1.165) is 18.3 Å². The summed E-state index contributed by atoms with van der Waals surface area (Å²) in [6, 6.07) is 10.6. The molecular formula is C18H18F3N3O3S. The number of piperazine rings is 1. The molecule has 2 heterocycles. The molecule has 0 atom stereocenters. The van der Waals surface area contributed by atoms with E-state index in [2.05, 4.69) is 4.98 Å². The van der Waals surface area contributed by atoms with Crippen LogP contribution in [-0.2, 0) is 22.0 Å². The largest absolute Gasteiger partial charge is 0.433 e. The van der Waals surface area contributed by atoms with Crippen LogP contribution in [0.3, 0.4) is 0 Å². The lowest BCUT2D eigenvalue weighted by molar-refractivity contribution is -0.141. The van der Waals surface area contributed by atoms with Crippen molar-refractivity contribution in [1.82, 2.24) is 14.2 Å². The van der Waals surface area contributed by atoms with Crippen LogP contribution in [-0.4, -0.2) is 54.7 Å². The van der Waals surface area contributed by atoms with Crippen LogP contribution in [0.5, 0.6) is 0 Å². The van der Waals surface area contributed by atoms with Gasteiger partial charge in [0.2, 0.25) is 10.0 Å². The number of carbonyl (C=O) groups excluding carboxylic acids is 1. The maximum absolute atomic E-state index is 12.6. The van der Waals surface area contributed by atoms with Crippen molar-refractivity contribution in [3.63, 3.8) is 0 Å². The van der Waals surface area contributed by atoms with Gasteiger partial charge in [-0.2, -0.15) is 17.5 Å². The van der Waals surface area contributed by atoms with Gasteiger partial charge in [0.15, 0.2) is 0 Å². The molecule has 1 aliphatic rings. The first-order valence-electron chi connectivity index (χ1n) is 8.51. The molecule has 6 nitrogen and oxygen atoms in total. The highest BCUT2D eigenvalue weighted by Gasteiger charge is 2.33. The molecular weight excluding hydrogens is 395 g/mol. The SMILES string of the molecule is O=C(c1ccc(C(F)(F)F)nc1)N1CCN(S(=O)(=O)Cc2ccccc2)CC1. The number of pyridine rings is 1. The standard InChI is InChI=1S/C18H18F3N3O3S/c19-18(20,21)16-7-6-15(12-22-16)17(25)23-8-10-24(11-9-23)28(26,27)13-14-4-2-1-3-5-14/h1-7,12H,8-11,13H2. The normalized spacial score (nSPS) is 16.2. The van der Waals surface area contributed by atoms with Gasteiger partial charge < -0.3 is 4.90 Å². The molecule has 1 saturated heterocycles.